The van der Waals surface area contributed by atoms with Crippen LogP contribution in [0.25, 0.3) is 0 Å². The number of nitrogens with one attached hydrogen (secondary N) is 1. The second-order valence-corrected chi connectivity index (χ2v) is 8.56. The van der Waals surface area contributed by atoms with Gasteiger partial charge < -0.3 is 19.7 Å². The molecule has 27 heavy (non-hydrogen) atoms. The van der Waals surface area contributed by atoms with Gasteiger partial charge in [0.05, 0.1) is 24.9 Å². The summed E-state index contributed by atoms with van der Waals surface area (Å²) in [6.07, 6.45) is 2.73. The van der Waals surface area contributed by atoms with Crippen LogP contribution in [0.1, 0.15) is 44.9 Å². The van der Waals surface area contributed by atoms with E-state index in [1.54, 1.807) is 7.11 Å². The summed E-state index contributed by atoms with van der Waals surface area (Å²) in [6.45, 7) is 8.96. The first-order valence-electron chi connectivity index (χ1n) is 9.76. The fraction of sp³-hybridized carbons (Fsp3) is 0.737. The molecule has 148 valence electrons. The molecule has 2 fully saturated rings. The van der Waals surface area contributed by atoms with E-state index in [9.17, 15) is 4.79 Å². The molecule has 4 rings (SSSR count). The molecule has 4 heterocycles. The SMILES string of the molecule is COc1nc2c(c(N3CC4CCC(C3)N4C(=O)OC(C)(C)C)n1)CCNC2. The van der Waals surface area contributed by atoms with Crippen molar-refractivity contribution in [2.24, 2.45) is 0 Å². The Morgan fingerprint density at radius 1 is 1.19 bits per heavy atom. The third-order valence-corrected chi connectivity index (χ3v) is 5.46. The molecule has 0 saturated carbocycles. The Labute approximate surface area is 160 Å². The number of anilines is 1. The van der Waals surface area contributed by atoms with Crippen molar-refractivity contribution in [1.29, 1.82) is 0 Å². The fourth-order valence-corrected chi connectivity index (χ4v) is 4.36. The average molecular weight is 375 g/mol. The number of fused-ring (bicyclic) bond motifs is 3. The van der Waals surface area contributed by atoms with E-state index in [1.165, 1.54) is 5.56 Å². The van der Waals surface area contributed by atoms with Crippen molar-refractivity contribution in [3.05, 3.63) is 11.3 Å². The van der Waals surface area contributed by atoms with Gasteiger partial charge in [0, 0.05) is 25.2 Å². The zero-order valence-corrected chi connectivity index (χ0v) is 16.6. The normalized spacial score (nSPS) is 24.6. The molecule has 1 amide bonds. The number of carbonyl (C=O) groups is 1. The first kappa shape index (κ1) is 18.3. The molecule has 8 heteroatoms. The Bertz CT molecular complexity index is 719. The van der Waals surface area contributed by atoms with Gasteiger partial charge in [-0.2, -0.15) is 9.97 Å². The molecular weight excluding hydrogens is 346 g/mol. The molecule has 1 aromatic rings. The molecule has 0 aromatic carbocycles. The molecular formula is C19H29N5O3. The van der Waals surface area contributed by atoms with Crippen LogP contribution in [0.15, 0.2) is 0 Å². The second kappa shape index (κ2) is 6.82. The van der Waals surface area contributed by atoms with Crippen molar-refractivity contribution in [3.63, 3.8) is 0 Å². The van der Waals surface area contributed by atoms with E-state index in [-0.39, 0.29) is 18.2 Å². The van der Waals surface area contributed by atoms with Crippen LogP contribution in [-0.4, -0.2) is 65.4 Å². The zero-order valence-electron chi connectivity index (χ0n) is 16.6. The first-order valence-corrected chi connectivity index (χ1v) is 9.76. The molecule has 0 radical (unpaired) electrons. The lowest BCUT2D eigenvalue weighted by atomic mass is 10.1. The molecule has 0 aliphatic carbocycles. The Morgan fingerprint density at radius 2 is 1.89 bits per heavy atom. The quantitative estimate of drug-likeness (QED) is 0.843. The van der Waals surface area contributed by atoms with Gasteiger partial charge in [0.15, 0.2) is 0 Å². The Kier molecular flexibility index (Phi) is 4.61. The van der Waals surface area contributed by atoms with E-state index >= 15 is 0 Å². The average Bonchev–Trinajstić information content (AvgIpc) is 2.89. The summed E-state index contributed by atoms with van der Waals surface area (Å²) in [6, 6.07) is 0.739. The van der Waals surface area contributed by atoms with Crippen molar-refractivity contribution in [2.45, 2.75) is 64.3 Å². The topological polar surface area (TPSA) is 79.8 Å². The largest absolute Gasteiger partial charge is 0.467 e. The van der Waals surface area contributed by atoms with Crippen LogP contribution in [0.5, 0.6) is 6.01 Å². The van der Waals surface area contributed by atoms with Gasteiger partial charge in [-0.1, -0.05) is 0 Å². The molecule has 2 bridgehead atoms. The van der Waals surface area contributed by atoms with Gasteiger partial charge in [-0.05, 0) is 46.6 Å². The molecule has 8 nitrogen and oxygen atoms in total. The van der Waals surface area contributed by atoms with Crippen molar-refractivity contribution in [3.8, 4) is 6.01 Å². The maximum absolute atomic E-state index is 12.7. The molecule has 2 unspecified atom stereocenters. The lowest BCUT2D eigenvalue weighted by Gasteiger charge is -2.42. The fourth-order valence-electron chi connectivity index (χ4n) is 4.36. The Balaban J connectivity index is 1.58. The lowest BCUT2D eigenvalue weighted by Crippen LogP contribution is -2.57. The second-order valence-electron chi connectivity index (χ2n) is 8.56. The van der Waals surface area contributed by atoms with E-state index in [0.717, 1.165) is 57.0 Å². The summed E-state index contributed by atoms with van der Waals surface area (Å²) >= 11 is 0. The van der Waals surface area contributed by atoms with Crippen LogP contribution in [0.2, 0.25) is 0 Å². The summed E-state index contributed by atoms with van der Waals surface area (Å²) in [4.78, 5) is 26.2. The van der Waals surface area contributed by atoms with Crippen LogP contribution in [-0.2, 0) is 17.7 Å². The number of carbonyl (C=O) groups excluding carboxylic acids is 1. The van der Waals surface area contributed by atoms with Crippen LogP contribution < -0.4 is 15.0 Å². The number of piperazine rings is 1. The number of nitrogens with zero attached hydrogens (tertiary/aromatic N) is 4. The summed E-state index contributed by atoms with van der Waals surface area (Å²) in [5.41, 5.74) is 1.75. The minimum Gasteiger partial charge on any atom is -0.467 e. The van der Waals surface area contributed by atoms with Crippen molar-refractivity contribution >= 4 is 11.9 Å². The van der Waals surface area contributed by atoms with Crippen molar-refractivity contribution in [1.82, 2.24) is 20.2 Å². The highest BCUT2D eigenvalue weighted by molar-refractivity contribution is 5.70. The number of hydrogen-bond donors (Lipinski definition) is 1. The number of amides is 1. The highest BCUT2D eigenvalue weighted by Gasteiger charge is 2.45. The predicted molar refractivity (Wildman–Crippen MR) is 101 cm³/mol. The smallest absolute Gasteiger partial charge is 0.410 e. The first-order chi connectivity index (χ1) is 12.9. The molecule has 1 N–H and O–H groups in total. The zero-order chi connectivity index (χ0) is 19.2. The number of aromatic nitrogens is 2. The number of hydrogen-bond acceptors (Lipinski definition) is 7. The Morgan fingerprint density at radius 3 is 2.52 bits per heavy atom. The molecule has 0 spiro atoms. The maximum atomic E-state index is 12.7. The van der Waals surface area contributed by atoms with E-state index in [4.69, 9.17) is 9.47 Å². The summed E-state index contributed by atoms with van der Waals surface area (Å²) in [7, 11) is 1.60. The third-order valence-electron chi connectivity index (χ3n) is 5.46. The van der Waals surface area contributed by atoms with Crippen LogP contribution in [0.4, 0.5) is 10.6 Å². The van der Waals surface area contributed by atoms with Gasteiger partial charge in [-0.15, -0.1) is 0 Å². The van der Waals surface area contributed by atoms with Crippen molar-refractivity contribution in [2.75, 3.05) is 31.6 Å². The highest BCUT2D eigenvalue weighted by atomic mass is 16.6. The Hall–Kier alpha value is -2.09. The summed E-state index contributed by atoms with van der Waals surface area (Å²) < 4.78 is 11.0. The summed E-state index contributed by atoms with van der Waals surface area (Å²) in [5.74, 6) is 0.971. The maximum Gasteiger partial charge on any atom is 0.410 e. The van der Waals surface area contributed by atoms with Gasteiger partial charge >= 0.3 is 12.1 Å². The van der Waals surface area contributed by atoms with Gasteiger partial charge in [0.1, 0.15) is 11.4 Å². The summed E-state index contributed by atoms with van der Waals surface area (Å²) in [5, 5.41) is 3.36. The number of rotatable bonds is 2. The van der Waals surface area contributed by atoms with Gasteiger partial charge in [0.2, 0.25) is 0 Å². The minimum absolute atomic E-state index is 0.164. The monoisotopic (exact) mass is 375 g/mol. The van der Waals surface area contributed by atoms with E-state index in [2.05, 4.69) is 20.2 Å². The van der Waals surface area contributed by atoms with Crippen LogP contribution in [0, 0.1) is 0 Å². The number of ether oxygens (including phenoxy) is 2. The highest BCUT2D eigenvalue weighted by Crippen LogP contribution is 2.35. The van der Waals surface area contributed by atoms with Gasteiger partial charge in [-0.3, -0.25) is 4.90 Å². The molecule has 1 aromatic heterocycles. The molecule has 2 atom stereocenters. The number of methoxy groups -OCH3 is 1. The molecule has 3 aliphatic heterocycles. The lowest BCUT2D eigenvalue weighted by molar-refractivity contribution is 0.0122. The van der Waals surface area contributed by atoms with Gasteiger partial charge in [-0.25, -0.2) is 4.79 Å². The van der Waals surface area contributed by atoms with Crippen LogP contribution >= 0.6 is 0 Å². The van der Waals surface area contributed by atoms with E-state index < -0.39 is 5.60 Å². The van der Waals surface area contributed by atoms with E-state index in [1.807, 2.05) is 25.7 Å². The van der Waals surface area contributed by atoms with Crippen molar-refractivity contribution < 1.29 is 14.3 Å². The van der Waals surface area contributed by atoms with Gasteiger partial charge in [0.25, 0.3) is 0 Å². The predicted octanol–water partition coefficient (Wildman–Crippen LogP) is 1.72. The molecule has 3 aliphatic rings. The van der Waals surface area contributed by atoms with E-state index in [0.29, 0.717) is 6.01 Å². The third kappa shape index (κ3) is 3.54. The molecule has 2 saturated heterocycles. The minimum atomic E-state index is -0.472. The van der Waals surface area contributed by atoms with Crippen LogP contribution in [0.3, 0.4) is 0 Å². The standard InChI is InChI=1S/C19H29N5O3/c1-19(2,3)27-18(25)24-12-5-6-13(24)11-23(10-12)16-14-7-8-20-9-15(14)21-17(22-16)26-4/h12-13,20H,5-11H2,1-4H3.